The topological polar surface area (TPSA) is 12.0 Å². The lowest BCUT2D eigenvalue weighted by atomic mass is 9.94. The molecule has 0 saturated carbocycles. The highest BCUT2D eigenvalue weighted by Crippen LogP contribution is 2.29. The first-order valence-electron chi connectivity index (χ1n) is 5.92. The fraction of sp³-hybridized carbons (Fsp3) is 0.200. The maximum Gasteiger partial charge on any atom is 0.163 e. The van der Waals surface area contributed by atoms with Crippen molar-refractivity contribution in [3.8, 4) is 0 Å². The molecule has 0 aromatic heterocycles. The molecule has 1 nitrogen and oxygen atoms in total. The van der Waals surface area contributed by atoms with Crippen LogP contribution in [0.1, 0.15) is 22.7 Å². The van der Waals surface area contributed by atoms with Gasteiger partial charge in [-0.2, -0.15) is 0 Å². The molecule has 0 aliphatic carbocycles. The number of nitrogens with one attached hydrogen (secondary N) is 1. The fourth-order valence-electron chi connectivity index (χ4n) is 2.18. The van der Waals surface area contributed by atoms with Crippen molar-refractivity contribution >= 4 is 11.6 Å². The van der Waals surface area contributed by atoms with Gasteiger partial charge in [-0.05, 0) is 43.3 Å². The van der Waals surface area contributed by atoms with Gasteiger partial charge >= 0.3 is 0 Å². The first-order chi connectivity index (χ1) is 9.04. The van der Waals surface area contributed by atoms with Crippen LogP contribution in [0.2, 0.25) is 5.02 Å². The minimum atomic E-state index is -0.843. The van der Waals surface area contributed by atoms with E-state index in [1.807, 2.05) is 13.0 Å². The second-order valence-electron chi connectivity index (χ2n) is 4.37. The van der Waals surface area contributed by atoms with Crippen LogP contribution in [0.15, 0.2) is 36.4 Å². The molecule has 1 N–H and O–H groups in total. The Balaban J connectivity index is 2.53. The lowest BCUT2D eigenvalue weighted by molar-refractivity contribution is 0.487. The standard InChI is InChI=1S/C15H14ClF2N/c1-9-8-10(16)6-7-11(9)15(19-2)12-4-3-5-13(17)14(12)18/h3-8,15,19H,1-2H3. The molecule has 0 aliphatic heterocycles. The molecule has 0 heterocycles. The number of aryl methyl sites for hydroxylation is 1. The molecule has 1 atom stereocenters. The van der Waals surface area contributed by atoms with Gasteiger partial charge in [0.1, 0.15) is 0 Å². The van der Waals surface area contributed by atoms with E-state index in [0.717, 1.165) is 17.2 Å². The van der Waals surface area contributed by atoms with Gasteiger partial charge in [0.25, 0.3) is 0 Å². The molecule has 0 spiro atoms. The van der Waals surface area contributed by atoms with Crippen molar-refractivity contribution < 1.29 is 8.78 Å². The van der Waals surface area contributed by atoms with Crippen LogP contribution >= 0.6 is 11.6 Å². The van der Waals surface area contributed by atoms with Gasteiger partial charge in [-0.15, -0.1) is 0 Å². The monoisotopic (exact) mass is 281 g/mol. The summed E-state index contributed by atoms with van der Waals surface area (Å²) in [6.07, 6.45) is 0. The Morgan fingerprint density at radius 1 is 1.11 bits per heavy atom. The molecular formula is C15H14ClF2N. The summed E-state index contributed by atoms with van der Waals surface area (Å²) in [4.78, 5) is 0. The van der Waals surface area contributed by atoms with Crippen LogP contribution < -0.4 is 5.32 Å². The minimum Gasteiger partial charge on any atom is -0.309 e. The molecule has 4 heteroatoms. The molecule has 0 fully saturated rings. The molecule has 0 radical (unpaired) electrons. The summed E-state index contributed by atoms with van der Waals surface area (Å²) in [7, 11) is 1.71. The van der Waals surface area contributed by atoms with Crippen LogP contribution in [0, 0.1) is 18.6 Å². The normalized spacial score (nSPS) is 12.5. The second-order valence-corrected chi connectivity index (χ2v) is 4.80. The smallest absolute Gasteiger partial charge is 0.163 e. The third-order valence-corrected chi connectivity index (χ3v) is 3.36. The first kappa shape index (κ1) is 14.0. The van der Waals surface area contributed by atoms with E-state index < -0.39 is 17.7 Å². The van der Waals surface area contributed by atoms with Crippen LogP contribution in [0.5, 0.6) is 0 Å². The van der Waals surface area contributed by atoms with Crippen LogP contribution in [-0.4, -0.2) is 7.05 Å². The van der Waals surface area contributed by atoms with Gasteiger partial charge in [-0.25, -0.2) is 8.78 Å². The van der Waals surface area contributed by atoms with Gasteiger partial charge in [-0.1, -0.05) is 29.8 Å². The van der Waals surface area contributed by atoms with Crippen molar-refractivity contribution in [3.63, 3.8) is 0 Å². The van der Waals surface area contributed by atoms with Gasteiger partial charge in [-0.3, -0.25) is 0 Å². The van der Waals surface area contributed by atoms with Crippen molar-refractivity contribution in [1.82, 2.24) is 5.32 Å². The highest BCUT2D eigenvalue weighted by Gasteiger charge is 2.19. The number of rotatable bonds is 3. The van der Waals surface area contributed by atoms with Gasteiger partial charge in [0.05, 0.1) is 6.04 Å². The summed E-state index contributed by atoms with van der Waals surface area (Å²) in [6, 6.07) is 9.15. The van der Waals surface area contributed by atoms with Crippen LogP contribution in [0.4, 0.5) is 8.78 Å². The first-order valence-corrected chi connectivity index (χ1v) is 6.29. The van der Waals surface area contributed by atoms with E-state index in [4.69, 9.17) is 11.6 Å². The summed E-state index contributed by atoms with van der Waals surface area (Å²) in [5, 5.41) is 3.63. The molecule has 0 bridgehead atoms. The summed E-state index contributed by atoms with van der Waals surface area (Å²) in [5.41, 5.74) is 2.08. The molecule has 0 aliphatic rings. The number of halogens is 3. The third kappa shape index (κ3) is 2.77. The molecule has 2 aromatic rings. The summed E-state index contributed by atoms with van der Waals surface area (Å²) >= 11 is 5.91. The van der Waals surface area contributed by atoms with Crippen molar-refractivity contribution in [1.29, 1.82) is 0 Å². The van der Waals surface area contributed by atoms with Crippen LogP contribution in [0.25, 0.3) is 0 Å². The maximum atomic E-state index is 13.9. The zero-order chi connectivity index (χ0) is 14.0. The molecular weight excluding hydrogens is 268 g/mol. The van der Waals surface area contributed by atoms with E-state index in [1.54, 1.807) is 25.2 Å². The molecule has 0 amide bonds. The van der Waals surface area contributed by atoms with Crippen molar-refractivity contribution in [2.24, 2.45) is 0 Å². The lowest BCUT2D eigenvalue weighted by Crippen LogP contribution is -2.20. The molecule has 1 unspecified atom stereocenters. The van der Waals surface area contributed by atoms with E-state index in [0.29, 0.717) is 5.02 Å². The Morgan fingerprint density at radius 2 is 1.84 bits per heavy atom. The van der Waals surface area contributed by atoms with Crippen molar-refractivity contribution in [2.45, 2.75) is 13.0 Å². The van der Waals surface area contributed by atoms with Crippen molar-refractivity contribution in [3.05, 3.63) is 69.7 Å². The third-order valence-electron chi connectivity index (χ3n) is 3.12. The maximum absolute atomic E-state index is 13.9. The quantitative estimate of drug-likeness (QED) is 0.887. The van der Waals surface area contributed by atoms with E-state index in [2.05, 4.69) is 5.32 Å². The van der Waals surface area contributed by atoms with E-state index >= 15 is 0 Å². The SMILES string of the molecule is CNC(c1ccc(Cl)cc1C)c1cccc(F)c1F. The highest BCUT2D eigenvalue weighted by molar-refractivity contribution is 6.30. The zero-order valence-corrected chi connectivity index (χ0v) is 11.4. The Kier molecular flexibility index (Phi) is 4.17. The van der Waals surface area contributed by atoms with Crippen molar-refractivity contribution in [2.75, 3.05) is 7.05 Å². The minimum absolute atomic E-state index is 0.285. The Hall–Kier alpha value is -1.45. The molecule has 2 aromatic carbocycles. The van der Waals surface area contributed by atoms with Gasteiger partial charge in [0.15, 0.2) is 11.6 Å². The highest BCUT2D eigenvalue weighted by atomic mass is 35.5. The molecule has 19 heavy (non-hydrogen) atoms. The van der Waals surface area contributed by atoms with Crippen LogP contribution in [-0.2, 0) is 0 Å². The number of hydrogen-bond acceptors (Lipinski definition) is 1. The summed E-state index contributed by atoms with van der Waals surface area (Å²) in [5.74, 6) is -1.67. The van der Waals surface area contributed by atoms with Crippen LogP contribution in [0.3, 0.4) is 0 Å². The predicted octanol–water partition coefficient (Wildman–Crippen LogP) is 4.24. The number of hydrogen-bond donors (Lipinski definition) is 1. The molecule has 0 saturated heterocycles. The van der Waals surface area contributed by atoms with E-state index in [-0.39, 0.29) is 5.56 Å². The molecule has 100 valence electrons. The number of benzene rings is 2. The summed E-state index contributed by atoms with van der Waals surface area (Å²) in [6.45, 7) is 1.89. The summed E-state index contributed by atoms with van der Waals surface area (Å²) < 4.78 is 27.2. The largest absolute Gasteiger partial charge is 0.309 e. The lowest BCUT2D eigenvalue weighted by Gasteiger charge is -2.20. The fourth-order valence-corrected chi connectivity index (χ4v) is 2.41. The second kappa shape index (κ2) is 5.68. The van der Waals surface area contributed by atoms with E-state index in [9.17, 15) is 8.78 Å². The van der Waals surface area contributed by atoms with Gasteiger partial charge in [0.2, 0.25) is 0 Å². The predicted molar refractivity (Wildman–Crippen MR) is 73.4 cm³/mol. The average Bonchev–Trinajstić information content (AvgIpc) is 2.37. The Labute approximate surface area is 116 Å². The van der Waals surface area contributed by atoms with Gasteiger partial charge < -0.3 is 5.32 Å². The van der Waals surface area contributed by atoms with Gasteiger partial charge in [0, 0.05) is 10.6 Å². The zero-order valence-electron chi connectivity index (χ0n) is 10.7. The molecule has 2 rings (SSSR count). The average molecular weight is 282 g/mol. The Morgan fingerprint density at radius 3 is 2.47 bits per heavy atom. The Bertz CT molecular complexity index is 599. The van der Waals surface area contributed by atoms with E-state index in [1.165, 1.54) is 6.07 Å².